The normalized spacial score (nSPS) is 20.0. The molecular weight excluding hydrogens is 334 g/mol. The zero-order valence-electron chi connectivity index (χ0n) is 15.0. The average molecular weight is 355 g/mol. The molecular formula is C19H21N3O4. The first-order valence-corrected chi connectivity index (χ1v) is 8.42. The van der Waals surface area contributed by atoms with Crippen molar-refractivity contribution in [3.05, 3.63) is 58.7 Å². The first kappa shape index (κ1) is 18.0. The summed E-state index contributed by atoms with van der Waals surface area (Å²) in [6.45, 7) is 6.79. The lowest BCUT2D eigenvalue weighted by molar-refractivity contribution is -0.0491. The highest BCUT2D eigenvalue weighted by atomic mass is 16.5. The van der Waals surface area contributed by atoms with Crippen molar-refractivity contribution in [2.24, 2.45) is 0 Å². The van der Waals surface area contributed by atoms with Crippen LogP contribution >= 0.6 is 0 Å². The quantitative estimate of drug-likeness (QED) is 0.909. The standard InChI is InChI=1S/C19H21N3O4/c1-11-4-5-12(2)14(6-11)17-9-22(13(3)10-26-17)18(23)15-7-21-16(8-20-15)19(24)25/h4-8,13,17H,9-10H2,1-3H3,(H,24,25). The van der Waals surface area contributed by atoms with Crippen LogP contribution in [0.4, 0.5) is 0 Å². The molecule has 26 heavy (non-hydrogen) atoms. The van der Waals surface area contributed by atoms with E-state index >= 15 is 0 Å². The lowest BCUT2D eigenvalue weighted by Gasteiger charge is -2.38. The van der Waals surface area contributed by atoms with E-state index in [4.69, 9.17) is 9.84 Å². The maximum absolute atomic E-state index is 12.8. The van der Waals surface area contributed by atoms with Crippen molar-refractivity contribution in [2.45, 2.75) is 32.9 Å². The number of morpholine rings is 1. The molecule has 0 bridgehead atoms. The molecule has 136 valence electrons. The van der Waals surface area contributed by atoms with Crippen molar-refractivity contribution in [3.63, 3.8) is 0 Å². The molecule has 1 aromatic carbocycles. The Hall–Kier alpha value is -2.80. The van der Waals surface area contributed by atoms with Gasteiger partial charge in [0.05, 0.1) is 31.6 Å². The van der Waals surface area contributed by atoms with Crippen LogP contribution in [0.25, 0.3) is 0 Å². The number of aryl methyl sites for hydroxylation is 2. The summed E-state index contributed by atoms with van der Waals surface area (Å²) in [7, 11) is 0. The lowest BCUT2D eigenvalue weighted by atomic mass is 9.98. The van der Waals surface area contributed by atoms with Gasteiger partial charge in [-0.25, -0.2) is 14.8 Å². The summed E-state index contributed by atoms with van der Waals surface area (Å²) in [5.41, 5.74) is 3.27. The Labute approximate surface area is 151 Å². The number of rotatable bonds is 3. The number of carbonyl (C=O) groups is 2. The van der Waals surface area contributed by atoms with Crippen LogP contribution in [0.3, 0.4) is 0 Å². The fourth-order valence-corrected chi connectivity index (χ4v) is 3.03. The van der Waals surface area contributed by atoms with Crippen molar-refractivity contribution < 1.29 is 19.4 Å². The van der Waals surface area contributed by atoms with E-state index in [1.54, 1.807) is 4.90 Å². The van der Waals surface area contributed by atoms with E-state index in [-0.39, 0.29) is 29.4 Å². The smallest absolute Gasteiger partial charge is 0.356 e. The molecule has 3 rings (SSSR count). The van der Waals surface area contributed by atoms with E-state index < -0.39 is 5.97 Å². The molecule has 0 radical (unpaired) electrons. The molecule has 1 aliphatic rings. The summed E-state index contributed by atoms with van der Waals surface area (Å²) in [6, 6.07) is 6.08. The summed E-state index contributed by atoms with van der Waals surface area (Å²) >= 11 is 0. The summed E-state index contributed by atoms with van der Waals surface area (Å²) in [5.74, 6) is -1.45. The third-order valence-electron chi connectivity index (χ3n) is 4.57. The summed E-state index contributed by atoms with van der Waals surface area (Å²) in [6.07, 6.45) is 2.10. The van der Waals surface area contributed by atoms with Gasteiger partial charge < -0.3 is 14.7 Å². The van der Waals surface area contributed by atoms with Crippen LogP contribution in [-0.4, -0.2) is 51.0 Å². The maximum Gasteiger partial charge on any atom is 0.356 e. The van der Waals surface area contributed by atoms with Gasteiger partial charge in [0.1, 0.15) is 11.8 Å². The van der Waals surface area contributed by atoms with Crippen molar-refractivity contribution in [1.82, 2.24) is 14.9 Å². The van der Waals surface area contributed by atoms with Crippen LogP contribution in [-0.2, 0) is 4.74 Å². The van der Waals surface area contributed by atoms with Gasteiger partial charge in [-0.15, -0.1) is 0 Å². The molecule has 1 amide bonds. The van der Waals surface area contributed by atoms with Gasteiger partial charge >= 0.3 is 5.97 Å². The number of aromatic nitrogens is 2. The third-order valence-corrected chi connectivity index (χ3v) is 4.57. The number of amides is 1. The summed E-state index contributed by atoms with van der Waals surface area (Å²) in [5, 5.41) is 8.90. The maximum atomic E-state index is 12.8. The Morgan fingerprint density at radius 2 is 1.88 bits per heavy atom. The summed E-state index contributed by atoms with van der Waals surface area (Å²) in [4.78, 5) is 33.2. The highest BCUT2D eigenvalue weighted by molar-refractivity contribution is 5.93. The molecule has 0 aliphatic carbocycles. The molecule has 7 nitrogen and oxygen atoms in total. The molecule has 0 saturated carbocycles. The number of hydrogen-bond donors (Lipinski definition) is 1. The first-order valence-electron chi connectivity index (χ1n) is 8.42. The van der Waals surface area contributed by atoms with Gasteiger partial charge in [0.25, 0.3) is 5.91 Å². The van der Waals surface area contributed by atoms with Gasteiger partial charge in [-0.1, -0.05) is 23.8 Å². The van der Waals surface area contributed by atoms with Crippen LogP contribution in [0.2, 0.25) is 0 Å². The van der Waals surface area contributed by atoms with Crippen molar-refractivity contribution in [3.8, 4) is 0 Å². The number of ether oxygens (including phenoxy) is 1. The van der Waals surface area contributed by atoms with Crippen LogP contribution in [0, 0.1) is 13.8 Å². The van der Waals surface area contributed by atoms with Gasteiger partial charge in [0.15, 0.2) is 5.69 Å². The van der Waals surface area contributed by atoms with Gasteiger partial charge in [0.2, 0.25) is 0 Å². The molecule has 0 spiro atoms. The number of nitrogens with zero attached hydrogens (tertiary/aromatic N) is 3. The minimum Gasteiger partial charge on any atom is -0.476 e. The zero-order chi connectivity index (χ0) is 18.8. The minimum atomic E-state index is -1.17. The molecule has 1 fully saturated rings. The van der Waals surface area contributed by atoms with Crippen LogP contribution in [0.1, 0.15) is 50.7 Å². The van der Waals surface area contributed by atoms with Crippen LogP contribution in [0.5, 0.6) is 0 Å². The van der Waals surface area contributed by atoms with Gasteiger partial charge in [-0.2, -0.15) is 0 Å². The van der Waals surface area contributed by atoms with Crippen molar-refractivity contribution in [2.75, 3.05) is 13.2 Å². The highest BCUT2D eigenvalue weighted by Gasteiger charge is 2.32. The van der Waals surface area contributed by atoms with Gasteiger partial charge in [-0.3, -0.25) is 4.79 Å². The molecule has 2 heterocycles. The number of carbonyl (C=O) groups excluding carboxylic acids is 1. The van der Waals surface area contributed by atoms with E-state index in [2.05, 4.69) is 16.0 Å². The van der Waals surface area contributed by atoms with E-state index in [1.165, 1.54) is 6.20 Å². The number of carboxylic acid groups (broad SMARTS) is 1. The molecule has 2 aromatic rings. The lowest BCUT2D eigenvalue weighted by Crippen LogP contribution is -2.48. The second kappa shape index (κ2) is 7.21. The Balaban J connectivity index is 1.82. The minimum absolute atomic E-state index is 0.107. The van der Waals surface area contributed by atoms with Crippen LogP contribution in [0.15, 0.2) is 30.6 Å². The molecule has 2 unspecified atom stereocenters. The number of benzene rings is 1. The van der Waals surface area contributed by atoms with Gasteiger partial charge in [0, 0.05) is 0 Å². The Morgan fingerprint density at radius 3 is 2.54 bits per heavy atom. The second-order valence-corrected chi connectivity index (χ2v) is 6.58. The van der Waals surface area contributed by atoms with Crippen molar-refractivity contribution in [1.29, 1.82) is 0 Å². The predicted octanol–water partition coefficient (Wildman–Crippen LogP) is 2.39. The van der Waals surface area contributed by atoms with E-state index in [0.717, 1.165) is 22.9 Å². The summed E-state index contributed by atoms with van der Waals surface area (Å²) < 4.78 is 5.97. The van der Waals surface area contributed by atoms with Crippen LogP contribution < -0.4 is 0 Å². The highest BCUT2D eigenvalue weighted by Crippen LogP contribution is 2.28. The third kappa shape index (κ3) is 3.57. The molecule has 1 saturated heterocycles. The van der Waals surface area contributed by atoms with Gasteiger partial charge in [-0.05, 0) is 31.9 Å². The zero-order valence-corrected chi connectivity index (χ0v) is 15.0. The fraction of sp³-hybridized carbons (Fsp3) is 0.368. The first-order chi connectivity index (χ1) is 12.4. The average Bonchev–Trinajstić information content (AvgIpc) is 2.64. The monoisotopic (exact) mass is 355 g/mol. The predicted molar refractivity (Wildman–Crippen MR) is 94.1 cm³/mol. The van der Waals surface area contributed by atoms with E-state index in [0.29, 0.717) is 13.2 Å². The van der Waals surface area contributed by atoms with E-state index in [9.17, 15) is 9.59 Å². The Morgan fingerprint density at radius 1 is 1.19 bits per heavy atom. The topological polar surface area (TPSA) is 92.6 Å². The number of carboxylic acids is 1. The molecule has 2 atom stereocenters. The van der Waals surface area contributed by atoms with Crippen molar-refractivity contribution >= 4 is 11.9 Å². The number of aromatic carboxylic acids is 1. The second-order valence-electron chi connectivity index (χ2n) is 6.58. The largest absolute Gasteiger partial charge is 0.476 e. The Bertz CT molecular complexity index is 835. The molecule has 1 aromatic heterocycles. The molecule has 1 N–H and O–H groups in total. The number of hydrogen-bond acceptors (Lipinski definition) is 5. The molecule has 1 aliphatic heterocycles. The fourth-order valence-electron chi connectivity index (χ4n) is 3.03. The Kier molecular flexibility index (Phi) is 4.99. The van der Waals surface area contributed by atoms with E-state index in [1.807, 2.05) is 32.9 Å². The molecule has 7 heteroatoms. The SMILES string of the molecule is Cc1ccc(C)c(C2CN(C(=O)c3cnc(C(=O)O)cn3)C(C)CO2)c1.